The Bertz CT molecular complexity index is 378. The van der Waals surface area contributed by atoms with Crippen molar-refractivity contribution in [1.29, 1.82) is 0 Å². The first-order chi connectivity index (χ1) is 8.76. The summed E-state index contributed by atoms with van der Waals surface area (Å²) in [6.45, 7) is 4.43. The first-order valence-electron chi connectivity index (χ1n) is 7.33. The number of benzene rings is 1. The summed E-state index contributed by atoms with van der Waals surface area (Å²) < 4.78 is 0. The van der Waals surface area contributed by atoms with E-state index in [2.05, 4.69) is 44.2 Å². The highest BCUT2D eigenvalue weighted by Crippen LogP contribution is 2.39. The van der Waals surface area contributed by atoms with Crippen LogP contribution in [0.4, 0.5) is 0 Å². The van der Waals surface area contributed by atoms with Crippen LogP contribution in [-0.2, 0) is 4.79 Å². The van der Waals surface area contributed by atoms with Gasteiger partial charge in [-0.15, -0.1) is 0 Å². The molecule has 2 unspecified atom stereocenters. The average Bonchev–Trinajstić information content (AvgIpc) is 2.43. The minimum Gasteiger partial charge on any atom is -0.299 e. The number of hydrogen-bond acceptors (Lipinski definition) is 1. The van der Waals surface area contributed by atoms with Crippen LogP contribution in [-0.4, -0.2) is 5.78 Å². The summed E-state index contributed by atoms with van der Waals surface area (Å²) in [6.07, 6.45) is 5.15. The number of ketones is 1. The molecule has 0 aliphatic heterocycles. The van der Waals surface area contributed by atoms with Gasteiger partial charge >= 0.3 is 0 Å². The minimum atomic E-state index is 0.305. The molecule has 2 atom stereocenters. The first-order valence-corrected chi connectivity index (χ1v) is 7.33. The molecule has 0 heterocycles. The van der Waals surface area contributed by atoms with Crippen LogP contribution in [0.25, 0.3) is 0 Å². The van der Waals surface area contributed by atoms with Crippen LogP contribution in [0.3, 0.4) is 0 Å². The summed E-state index contributed by atoms with van der Waals surface area (Å²) >= 11 is 0. The highest BCUT2D eigenvalue weighted by molar-refractivity contribution is 5.82. The normalized spacial score (nSPS) is 24.5. The van der Waals surface area contributed by atoms with E-state index < -0.39 is 0 Å². The second-order valence-corrected chi connectivity index (χ2v) is 5.53. The summed E-state index contributed by atoms with van der Waals surface area (Å²) in [5, 5.41) is 0. The van der Waals surface area contributed by atoms with Crippen LogP contribution in [0, 0.1) is 11.8 Å². The van der Waals surface area contributed by atoms with Crippen LogP contribution in [0.5, 0.6) is 0 Å². The first kappa shape index (κ1) is 13.3. The van der Waals surface area contributed by atoms with Gasteiger partial charge in [0.2, 0.25) is 0 Å². The van der Waals surface area contributed by atoms with Crippen molar-refractivity contribution in [2.45, 2.75) is 51.9 Å². The molecular formula is C17H24O. The van der Waals surface area contributed by atoms with E-state index in [-0.39, 0.29) is 0 Å². The lowest BCUT2D eigenvalue weighted by atomic mass is 9.71. The highest BCUT2D eigenvalue weighted by Gasteiger charge is 2.33. The highest BCUT2D eigenvalue weighted by atomic mass is 16.1. The molecule has 2 rings (SSSR count). The SMILES string of the molecule is CCC(CC)C1CC(c2ccccc2)CCC1=O. The number of carbonyl (C=O) groups excluding carboxylic acids is 1. The lowest BCUT2D eigenvalue weighted by Crippen LogP contribution is -2.29. The molecule has 0 spiro atoms. The van der Waals surface area contributed by atoms with Gasteiger partial charge in [-0.05, 0) is 30.2 Å². The van der Waals surface area contributed by atoms with Crippen molar-refractivity contribution < 1.29 is 4.79 Å². The predicted octanol–water partition coefficient (Wildman–Crippen LogP) is 4.58. The molecule has 0 aromatic heterocycles. The molecule has 1 fully saturated rings. The lowest BCUT2D eigenvalue weighted by molar-refractivity contribution is -0.127. The Labute approximate surface area is 111 Å². The molecule has 0 saturated heterocycles. The van der Waals surface area contributed by atoms with Crippen LogP contribution in [0.1, 0.15) is 57.4 Å². The smallest absolute Gasteiger partial charge is 0.136 e. The topological polar surface area (TPSA) is 17.1 Å². The van der Waals surface area contributed by atoms with Crippen LogP contribution >= 0.6 is 0 Å². The molecule has 1 heteroatoms. The van der Waals surface area contributed by atoms with Crippen molar-refractivity contribution in [3.8, 4) is 0 Å². The Kier molecular flexibility index (Phi) is 4.57. The van der Waals surface area contributed by atoms with Crippen molar-refractivity contribution in [3.63, 3.8) is 0 Å². The second kappa shape index (κ2) is 6.17. The fourth-order valence-electron chi connectivity index (χ4n) is 3.40. The fraction of sp³-hybridized carbons (Fsp3) is 0.588. The average molecular weight is 244 g/mol. The third kappa shape index (κ3) is 2.82. The number of rotatable bonds is 4. The maximum Gasteiger partial charge on any atom is 0.136 e. The second-order valence-electron chi connectivity index (χ2n) is 5.53. The predicted molar refractivity (Wildman–Crippen MR) is 75.6 cm³/mol. The van der Waals surface area contributed by atoms with E-state index in [0.29, 0.717) is 23.5 Å². The summed E-state index contributed by atoms with van der Waals surface area (Å²) in [5.74, 6) is 1.99. The quantitative estimate of drug-likeness (QED) is 0.758. The van der Waals surface area contributed by atoms with Crippen molar-refractivity contribution in [1.82, 2.24) is 0 Å². The van der Waals surface area contributed by atoms with E-state index in [1.807, 2.05) is 0 Å². The number of hydrogen-bond donors (Lipinski definition) is 0. The Balaban J connectivity index is 2.11. The van der Waals surface area contributed by atoms with Gasteiger partial charge in [-0.2, -0.15) is 0 Å². The zero-order chi connectivity index (χ0) is 13.0. The molecule has 1 aliphatic rings. The maximum absolute atomic E-state index is 12.1. The zero-order valence-electron chi connectivity index (χ0n) is 11.6. The van der Waals surface area contributed by atoms with Crippen LogP contribution in [0.15, 0.2) is 30.3 Å². The largest absolute Gasteiger partial charge is 0.299 e. The van der Waals surface area contributed by atoms with Gasteiger partial charge in [-0.25, -0.2) is 0 Å². The molecule has 1 saturated carbocycles. The monoisotopic (exact) mass is 244 g/mol. The number of carbonyl (C=O) groups is 1. The Hall–Kier alpha value is -1.11. The Morgan fingerprint density at radius 1 is 1.17 bits per heavy atom. The van der Waals surface area contributed by atoms with E-state index in [1.54, 1.807) is 0 Å². The van der Waals surface area contributed by atoms with Gasteiger partial charge in [0.05, 0.1) is 0 Å². The van der Waals surface area contributed by atoms with Crippen molar-refractivity contribution in [2.75, 3.05) is 0 Å². The Morgan fingerprint density at radius 3 is 2.44 bits per heavy atom. The molecule has 98 valence electrons. The fourth-order valence-corrected chi connectivity index (χ4v) is 3.40. The molecule has 18 heavy (non-hydrogen) atoms. The van der Waals surface area contributed by atoms with E-state index in [9.17, 15) is 4.79 Å². The van der Waals surface area contributed by atoms with E-state index in [0.717, 1.165) is 32.1 Å². The van der Waals surface area contributed by atoms with Gasteiger partial charge in [-0.3, -0.25) is 4.79 Å². The summed E-state index contributed by atoms with van der Waals surface area (Å²) in [6, 6.07) is 10.7. The van der Waals surface area contributed by atoms with E-state index >= 15 is 0 Å². The standard InChI is InChI=1S/C17H24O/c1-3-13(4-2)16-12-15(10-11-17(16)18)14-8-6-5-7-9-14/h5-9,13,15-16H,3-4,10-12H2,1-2H3. The van der Waals surface area contributed by atoms with Gasteiger partial charge in [0.15, 0.2) is 0 Å². The Morgan fingerprint density at radius 2 is 1.83 bits per heavy atom. The molecule has 1 aliphatic carbocycles. The van der Waals surface area contributed by atoms with Crippen molar-refractivity contribution in [3.05, 3.63) is 35.9 Å². The molecule has 0 amide bonds. The minimum absolute atomic E-state index is 0.305. The summed E-state index contributed by atoms with van der Waals surface area (Å²) in [7, 11) is 0. The summed E-state index contributed by atoms with van der Waals surface area (Å²) in [4.78, 5) is 12.1. The van der Waals surface area contributed by atoms with Gasteiger partial charge in [-0.1, -0.05) is 57.0 Å². The molecule has 0 bridgehead atoms. The lowest BCUT2D eigenvalue weighted by Gasteiger charge is -2.33. The van der Waals surface area contributed by atoms with E-state index in [1.165, 1.54) is 5.56 Å². The summed E-state index contributed by atoms with van der Waals surface area (Å²) in [5.41, 5.74) is 1.42. The molecule has 1 aromatic carbocycles. The molecule has 0 N–H and O–H groups in total. The zero-order valence-corrected chi connectivity index (χ0v) is 11.6. The molecule has 1 nitrogen and oxygen atoms in total. The van der Waals surface area contributed by atoms with Crippen LogP contribution in [0.2, 0.25) is 0 Å². The van der Waals surface area contributed by atoms with Crippen molar-refractivity contribution >= 4 is 5.78 Å². The molecular weight excluding hydrogens is 220 g/mol. The molecule has 0 radical (unpaired) electrons. The van der Waals surface area contributed by atoms with Crippen molar-refractivity contribution in [2.24, 2.45) is 11.8 Å². The van der Waals surface area contributed by atoms with Gasteiger partial charge in [0.25, 0.3) is 0 Å². The van der Waals surface area contributed by atoms with Crippen LogP contribution < -0.4 is 0 Å². The van der Waals surface area contributed by atoms with Gasteiger partial charge in [0, 0.05) is 12.3 Å². The number of Topliss-reactive ketones (excluding diaryl/α,β-unsaturated/α-hetero) is 1. The third-order valence-corrected chi connectivity index (χ3v) is 4.58. The third-order valence-electron chi connectivity index (χ3n) is 4.58. The maximum atomic E-state index is 12.1. The van der Waals surface area contributed by atoms with E-state index in [4.69, 9.17) is 0 Å². The van der Waals surface area contributed by atoms with Gasteiger partial charge < -0.3 is 0 Å². The van der Waals surface area contributed by atoms with Gasteiger partial charge in [0.1, 0.15) is 5.78 Å². The molecule has 1 aromatic rings.